The molecule has 0 saturated heterocycles. The van der Waals surface area contributed by atoms with Gasteiger partial charge in [0.05, 0.1) is 5.52 Å². The zero-order chi connectivity index (χ0) is 13.5. The van der Waals surface area contributed by atoms with Gasteiger partial charge in [0.1, 0.15) is 0 Å². The smallest absolute Gasteiger partial charge is 0.228 e. The number of carbonyl (C=O) groups excluding carboxylic acids is 1. The van der Waals surface area contributed by atoms with Crippen LogP contribution in [0.3, 0.4) is 0 Å². The number of rotatable bonds is 2. The highest BCUT2D eigenvalue weighted by Crippen LogP contribution is 2.25. The minimum Gasteiger partial charge on any atom is -0.451 e. The number of aromatic nitrogens is 1. The van der Waals surface area contributed by atoms with Gasteiger partial charge in [0.25, 0.3) is 0 Å². The second-order valence-electron chi connectivity index (χ2n) is 4.70. The van der Waals surface area contributed by atoms with Gasteiger partial charge in [-0.25, -0.2) is 0 Å². The normalized spacial score (nSPS) is 11.2. The first-order valence-corrected chi connectivity index (χ1v) is 6.42. The number of hydrogen-bond acceptors (Lipinski definition) is 2. The van der Waals surface area contributed by atoms with Gasteiger partial charge in [0, 0.05) is 29.4 Å². The van der Waals surface area contributed by atoms with Gasteiger partial charge in [-0.3, -0.25) is 4.79 Å². The minimum absolute atomic E-state index is 0.0912. The van der Waals surface area contributed by atoms with Crippen LogP contribution in [-0.4, -0.2) is 10.2 Å². The van der Waals surface area contributed by atoms with E-state index in [0.29, 0.717) is 11.3 Å². The van der Waals surface area contributed by atoms with E-state index < -0.39 is 0 Å². The molecule has 0 fully saturated rings. The highest BCUT2D eigenvalue weighted by atomic mass is 16.3. The molecule has 0 radical (unpaired) electrons. The molecule has 3 heteroatoms. The zero-order valence-electron chi connectivity index (χ0n) is 10.6. The van der Waals surface area contributed by atoms with Crippen molar-refractivity contribution < 1.29 is 9.21 Å². The molecule has 3 nitrogen and oxygen atoms in total. The van der Waals surface area contributed by atoms with E-state index in [9.17, 15) is 4.79 Å². The number of carbonyl (C=O) groups is 1. The molecule has 0 spiro atoms. The average molecular weight is 261 g/mol. The Hall–Kier alpha value is -2.81. The third kappa shape index (κ3) is 1.57. The van der Waals surface area contributed by atoms with Crippen LogP contribution in [-0.2, 0) is 0 Å². The van der Waals surface area contributed by atoms with Crippen molar-refractivity contribution in [2.75, 3.05) is 0 Å². The molecule has 0 aliphatic heterocycles. The number of furan rings is 1. The van der Waals surface area contributed by atoms with Gasteiger partial charge in [0.2, 0.25) is 5.78 Å². The Morgan fingerprint density at radius 1 is 0.950 bits per heavy atom. The van der Waals surface area contributed by atoms with Crippen LogP contribution in [0.15, 0.2) is 71.3 Å². The Balaban J connectivity index is 1.87. The molecule has 96 valence electrons. The molecule has 0 amide bonds. The largest absolute Gasteiger partial charge is 0.451 e. The lowest BCUT2D eigenvalue weighted by atomic mass is 10.1. The number of nitrogens with zero attached hydrogens (tertiary/aromatic N) is 1. The van der Waals surface area contributed by atoms with Crippen LogP contribution < -0.4 is 0 Å². The highest BCUT2D eigenvalue weighted by Gasteiger charge is 2.16. The van der Waals surface area contributed by atoms with Gasteiger partial charge in [0.15, 0.2) is 11.3 Å². The quantitative estimate of drug-likeness (QED) is 0.513. The van der Waals surface area contributed by atoms with E-state index in [1.165, 1.54) is 0 Å². The minimum atomic E-state index is -0.0912. The first kappa shape index (κ1) is 11.1. The number of fused-ring (bicyclic) bond motifs is 3. The van der Waals surface area contributed by atoms with Gasteiger partial charge in [-0.2, -0.15) is 0 Å². The molecule has 0 unspecified atom stereocenters. The maximum atomic E-state index is 12.3. The molecule has 0 N–H and O–H groups in total. The molecule has 0 atom stereocenters. The summed E-state index contributed by atoms with van der Waals surface area (Å²) < 4.78 is 7.71. The second kappa shape index (κ2) is 4.10. The first-order valence-electron chi connectivity index (χ1n) is 6.42. The Morgan fingerprint density at radius 2 is 1.75 bits per heavy atom. The molecule has 20 heavy (non-hydrogen) atoms. The standard InChI is InChI=1S/C17H11NO2/c19-17(12-6-2-1-3-7-12)16-11-14-15(20-16)10-13-8-4-5-9-18(13)14/h1-11H. The molecule has 3 heterocycles. The van der Waals surface area contributed by atoms with E-state index in [4.69, 9.17) is 4.42 Å². The second-order valence-corrected chi connectivity index (χ2v) is 4.70. The summed E-state index contributed by atoms with van der Waals surface area (Å²) in [6.07, 6.45) is 1.96. The van der Waals surface area contributed by atoms with Crippen LogP contribution in [0.2, 0.25) is 0 Å². The average Bonchev–Trinajstić information content (AvgIpc) is 3.05. The highest BCUT2D eigenvalue weighted by molar-refractivity contribution is 6.09. The summed E-state index contributed by atoms with van der Waals surface area (Å²) in [6, 6.07) is 18.9. The lowest BCUT2D eigenvalue weighted by Crippen LogP contribution is -1.98. The van der Waals surface area contributed by atoms with Crippen molar-refractivity contribution in [3.63, 3.8) is 0 Å². The van der Waals surface area contributed by atoms with Crippen LogP contribution in [0.5, 0.6) is 0 Å². The summed E-state index contributed by atoms with van der Waals surface area (Å²) in [6.45, 7) is 0. The van der Waals surface area contributed by atoms with Crippen LogP contribution in [0.25, 0.3) is 16.6 Å². The van der Waals surface area contributed by atoms with Crippen molar-refractivity contribution in [2.24, 2.45) is 0 Å². The maximum Gasteiger partial charge on any atom is 0.228 e. The summed E-state index contributed by atoms with van der Waals surface area (Å²) in [4.78, 5) is 12.3. The molecule has 4 rings (SSSR count). The van der Waals surface area contributed by atoms with Crippen molar-refractivity contribution in [1.29, 1.82) is 0 Å². The van der Waals surface area contributed by atoms with Gasteiger partial charge < -0.3 is 8.82 Å². The molecule has 0 aliphatic rings. The van der Waals surface area contributed by atoms with Crippen LogP contribution >= 0.6 is 0 Å². The van der Waals surface area contributed by atoms with Crippen LogP contribution in [0.4, 0.5) is 0 Å². The first-order chi connectivity index (χ1) is 9.83. The third-order valence-corrected chi connectivity index (χ3v) is 3.43. The number of pyridine rings is 1. The Bertz CT molecular complexity index is 916. The van der Waals surface area contributed by atoms with Gasteiger partial charge in [-0.15, -0.1) is 0 Å². The lowest BCUT2D eigenvalue weighted by Gasteiger charge is -1.96. The third-order valence-electron chi connectivity index (χ3n) is 3.43. The Labute approximate surface area is 115 Å². The van der Waals surface area contributed by atoms with Crippen molar-refractivity contribution in [2.45, 2.75) is 0 Å². The van der Waals surface area contributed by atoms with Crippen molar-refractivity contribution in [3.05, 3.63) is 78.2 Å². The number of ketones is 1. The van der Waals surface area contributed by atoms with Crippen molar-refractivity contribution >= 4 is 22.4 Å². The monoisotopic (exact) mass is 261 g/mol. The van der Waals surface area contributed by atoms with E-state index in [-0.39, 0.29) is 5.78 Å². The maximum absolute atomic E-state index is 12.3. The lowest BCUT2D eigenvalue weighted by molar-refractivity contribution is 0.101. The number of hydrogen-bond donors (Lipinski definition) is 0. The molecule has 3 aromatic heterocycles. The predicted octanol–water partition coefficient (Wildman–Crippen LogP) is 3.92. The summed E-state index contributed by atoms with van der Waals surface area (Å²) in [5, 5.41) is 0. The molecule has 0 saturated carbocycles. The van der Waals surface area contributed by atoms with Crippen molar-refractivity contribution in [3.8, 4) is 0 Å². The SMILES string of the molecule is O=C(c1ccccc1)c1cc2c(cc3ccccn32)o1. The summed E-state index contributed by atoms with van der Waals surface area (Å²) in [7, 11) is 0. The molecule has 4 aromatic rings. The topological polar surface area (TPSA) is 34.6 Å². The fraction of sp³-hybridized carbons (Fsp3) is 0. The summed E-state index contributed by atoms with van der Waals surface area (Å²) in [5.41, 5.74) is 3.34. The van der Waals surface area contributed by atoms with Gasteiger partial charge in [-0.05, 0) is 12.1 Å². The van der Waals surface area contributed by atoms with E-state index in [2.05, 4.69) is 0 Å². The molecule has 1 aromatic carbocycles. The summed E-state index contributed by atoms with van der Waals surface area (Å²) >= 11 is 0. The van der Waals surface area contributed by atoms with E-state index in [0.717, 1.165) is 16.6 Å². The molecule has 0 aliphatic carbocycles. The van der Waals surface area contributed by atoms with E-state index in [1.807, 2.05) is 53.1 Å². The fourth-order valence-corrected chi connectivity index (χ4v) is 2.46. The Morgan fingerprint density at radius 3 is 2.60 bits per heavy atom. The van der Waals surface area contributed by atoms with Crippen LogP contribution in [0.1, 0.15) is 16.1 Å². The molecule has 0 bridgehead atoms. The fourth-order valence-electron chi connectivity index (χ4n) is 2.46. The summed E-state index contributed by atoms with van der Waals surface area (Å²) in [5.74, 6) is 0.283. The van der Waals surface area contributed by atoms with Gasteiger partial charge >= 0.3 is 0 Å². The van der Waals surface area contributed by atoms with E-state index >= 15 is 0 Å². The predicted molar refractivity (Wildman–Crippen MR) is 77.0 cm³/mol. The Kier molecular flexibility index (Phi) is 2.27. The zero-order valence-corrected chi connectivity index (χ0v) is 10.6. The molecular formula is C17H11NO2. The molecular weight excluding hydrogens is 250 g/mol. The van der Waals surface area contributed by atoms with Gasteiger partial charge in [-0.1, -0.05) is 36.4 Å². The van der Waals surface area contributed by atoms with Crippen LogP contribution in [0, 0.1) is 0 Å². The van der Waals surface area contributed by atoms with Crippen molar-refractivity contribution in [1.82, 2.24) is 4.40 Å². The number of benzene rings is 1. The van der Waals surface area contributed by atoms with E-state index in [1.54, 1.807) is 18.2 Å².